The third-order valence-electron chi connectivity index (χ3n) is 8.34. The van der Waals surface area contributed by atoms with Gasteiger partial charge in [0.15, 0.2) is 5.82 Å². The van der Waals surface area contributed by atoms with Crippen molar-refractivity contribution in [3.05, 3.63) is 60.7 Å². The quantitative estimate of drug-likeness (QED) is 0.297. The zero-order chi connectivity index (χ0) is 30.0. The fraction of sp³-hybridized carbons (Fsp3) is 0.414. The Morgan fingerprint density at radius 3 is 2.45 bits per heavy atom. The van der Waals surface area contributed by atoms with Crippen LogP contribution in [0.3, 0.4) is 0 Å². The van der Waals surface area contributed by atoms with E-state index in [9.17, 15) is 16.8 Å². The average molecular weight is 610 g/mol. The zero-order valence-corrected chi connectivity index (χ0v) is 25.9. The van der Waals surface area contributed by atoms with Crippen molar-refractivity contribution in [2.75, 3.05) is 30.1 Å². The number of hydrogen-bond acceptors (Lipinski definition) is 9. The van der Waals surface area contributed by atoms with Gasteiger partial charge in [-0.25, -0.2) is 31.8 Å². The van der Waals surface area contributed by atoms with E-state index < -0.39 is 20.0 Å². The molecule has 0 unspecified atom stereocenters. The number of sulfonamides is 1. The highest BCUT2D eigenvalue weighted by Crippen LogP contribution is 2.39. The number of hydrogen-bond donors (Lipinski definition) is 1. The maximum absolute atomic E-state index is 12.6. The molecule has 222 valence electrons. The molecule has 0 bridgehead atoms. The molecule has 6 rings (SSSR count). The van der Waals surface area contributed by atoms with E-state index in [1.807, 2.05) is 19.2 Å². The second kappa shape index (κ2) is 10.3. The van der Waals surface area contributed by atoms with Gasteiger partial charge in [0.25, 0.3) is 0 Å². The van der Waals surface area contributed by atoms with Gasteiger partial charge in [0.1, 0.15) is 11.6 Å². The van der Waals surface area contributed by atoms with Crippen LogP contribution in [0.15, 0.2) is 55.1 Å². The average Bonchev–Trinajstić information content (AvgIpc) is 3.68. The normalized spacial score (nSPS) is 19.5. The van der Waals surface area contributed by atoms with Crippen LogP contribution in [0.25, 0.3) is 22.2 Å². The first-order valence-corrected chi connectivity index (χ1v) is 17.3. The predicted octanol–water partition coefficient (Wildman–Crippen LogP) is 4.17. The molecule has 13 heteroatoms. The van der Waals surface area contributed by atoms with Crippen molar-refractivity contribution in [3.63, 3.8) is 0 Å². The van der Waals surface area contributed by atoms with Crippen LogP contribution in [0.5, 0.6) is 0 Å². The molecule has 1 aliphatic heterocycles. The van der Waals surface area contributed by atoms with Crippen LogP contribution in [-0.2, 0) is 20.0 Å². The maximum atomic E-state index is 12.6. The van der Waals surface area contributed by atoms with Crippen LogP contribution < -0.4 is 10.2 Å². The van der Waals surface area contributed by atoms with E-state index in [4.69, 9.17) is 4.98 Å². The molecule has 1 aliphatic carbocycles. The summed E-state index contributed by atoms with van der Waals surface area (Å²) >= 11 is 0. The second-order valence-corrected chi connectivity index (χ2v) is 15.7. The minimum atomic E-state index is -3.37. The molecule has 0 amide bonds. The molecule has 4 heterocycles. The summed E-state index contributed by atoms with van der Waals surface area (Å²) in [6.45, 7) is 6.95. The minimum Gasteiger partial charge on any atom is -0.365 e. The molecule has 1 saturated carbocycles. The van der Waals surface area contributed by atoms with Crippen molar-refractivity contribution in [2.24, 2.45) is 0 Å². The lowest BCUT2D eigenvalue weighted by atomic mass is 9.92. The van der Waals surface area contributed by atoms with Gasteiger partial charge in [0, 0.05) is 61.1 Å². The van der Waals surface area contributed by atoms with Crippen LogP contribution in [-0.4, -0.2) is 77.2 Å². The van der Waals surface area contributed by atoms with Crippen LogP contribution in [0.1, 0.15) is 45.1 Å². The molecule has 0 spiro atoms. The highest BCUT2D eigenvalue weighted by atomic mass is 32.2. The Labute approximate surface area is 246 Å². The van der Waals surface area contributed by atoms with E-state index in [2.05, 4.69) is 46.2 Å². The van der Waals surface area contributed by atoms with Gasteiger partial charge >= 0.3 is 0 Å². The number of anilines is 3. The summed E-state index contributed by atoms with van der Waals surface area (Å²) in [6.07, 6.45) is 9.22. The van der Waals surface area contributed by atoms with Crippen LogP contribution in [0.4, 0.5) is 17.3 Å². The molecule has 0 radical (unpaired) electrons. The fourth-order valence-electron chi connectivity index (χ4n) is 5.55. The van der Waals surface area contributed by atoms with Crippen molar-refractivity contribution in [3.8, 4) is 11.4 Å². The second-order valence-electron chi connectivity index (χ2n) is 11.5. The van der Waals surface area contributed by atoms with Gasteiger partial charge in [-0.05, 0) is 60.9 Å². The Kier molecular flexibility index (Phi) is 7.02. The maximum Gasteiger partial charge on any atom is 0.241 e. The number of likely N-dealkylation sites (N-methyl/N-ethyl adjacent to an activating group) is 1. The number of pyridine rings is 1. The minimum absolute atomic E-state index is 0.0178. The first kappa shape index (κ1) is 28.6. The highest BCUT2D eigenvalue weighted by Gasteiger charge is 2.42. The van der Waals surface area contributed by atoms with E-state index >= 15 is 0 Å². The van der Waals surface area contributed by atoms with Crippen LogP contribution in [0.2, 0.25) is 0 Å². The molecule has 2 aliphatic rings. The Balaban J connectivity index is 1.28. The van der Waals surface area contributed by atoms with Crippen molar-refractivity contribution >= 4 is 48.1 Å². The number of nitrogens with zero attached hydrogens (tertiary/aromatic N) is 6. The van der Waals surface area contributed by atoms with Gasteiger partial charge in [-0.3, -0.25) is 3.97 Å². The molecule has 2 fully saturated rings. The molecule has 2 atom stereocenters. The summed E-state index contributed by atoms with van der Waals surface area (Å²) in [7, 11) is -5.01. The number of benzene rings is 1. The number of aromatic nitrogens is 4. The topological polar surface area (TPSA) is 130 Å². The van der Waals surface area contributed by atoms with Crippen molar-refractivity contribution in [1.29, 1.82) is 0 Å². The predicted molar refractivity (Wildman–Crippen MR) is 165 cm³/mol. The summed E-state index contributed by atoms with van der Waals surface area (Å²) in [5, 5.41) is 5.04. The lowest BCUT2D eigenvalue weighted by Gasteiger charge is -2.51. The Bertz CT molecular complexity index is 1880. The Morgan fingerprint density at radius 1 is 1.02 bits per heavy atom. The largest absolute Gasteiger partial charge is 0.365 e. The first-order chi connectivity index (χ1) is 19.8. The van der Waals surface area contributed by atoms with Crippen LogP contribution >= 0.6 is 0 Å². The smallest absolute Gasteiger partial charge is 0.241 e. The lowest BCUT2D eigenvalue weighted by molar-refractivity contribution is 0.251. The highest BCUT2D eigenvalue weighted by molar-refractivity contribution is 7.90. The van der Waals surface area contributed by atoms with Gasteiger partial charge in [-0.15, -0.1) is 0 Å². The Morgan fingerprint density at radius 2 is 1.79 bits per heavy atom. The molecular formula is C29H35N7O4S2. The third-order valence-corrected chi connectivity index (χ3v) is 11.8. The van der Waals surface area contributed by atoms with Gasteiger partial charge in [-0.1, -0.05) is 19.9 Å². The zero-order valence-electron chi connectivity index (χ0n) is 24.3. The molecule has 4 aromatic rings. The van der Waals surface area contributed by atoms with E-state index in [0.29, 0.717) is 42.4 Å². The number of rotatable bonds is 9. The SMILES string of the molecule is CC(C)c1ccc(N2C[C@H](N(C)S(C)(=O)=O)[C@H]2C)c2cnc(Nc3ccnc(-c4ccn(S(=O)(=O)C5CC5)c4)n3)cc12. The van der Waals surface area contributed by atoms with E-state index in [-0.39, 0.29) is 23.3 Å². The van der Waals surface area contributed by atoms with Crippen molar-refractivity contribution < 1.29 is 16.8 Å². The standard InChI is InChI=1S/C29H35N7O4S2/c1-18(2)22-8-9-25(36-17-26(19(36)3)34(4)41(5,37)38)24-15-31-28(14-23(22)24)32-27-10-12-30-29(33-27)20-11-13-35(16-20)42(39,40)21-6-7-21/h8-16,18-19,21,26H,6-7,17H2,1-5H3,(H,30,31,32,33)/t19-,26+/m1/s1. The molecule has 1 saturated heterocycles. The van der Waals surface area contributed by atoms with E-state index in [0.717, 1.165) is 16.5 Å². The van der Waals surface area contributed by atoms with Gasteiger partial charge in [0.2, 0.25) is 20.0 Å². The summed E-state index contributed by atoms with van der Waals surface area (Å²) in [5.41, 5.74) is 2.82. The summed E-state index contributed by atoms with van der Waals surface area (Å²) < 4.78 is 52.1. The molecule has 1 N–H and O–H groups in total. The van der Waals surface area contributed by atoms with Crippen LogP contribution in [0, 0.1) is 0 Å². The summed E-state index contributed by atoms with van der Waals surface area (Å²) in [5.74, 6) is 1.84. The van der Waals surface area contributed by atoms with Gasteiger partial charge in [-0.2, -0.15) is 4.31 Å². The first-order valence-electron chi connectivity index (χ1n) is 14.0. The molecule has 11 nitrogen and oxygen atoms in total. The molecule has 42 heavy (non-hydrogen) atoms. The molecule has 3 aromatic heterocycles. The number of nitrogens with one attached hydrogen (secondary N) is 1. The van der Waals surface area contributed by atoms with Crippen molar-refractivity contribution in [1.82, 2.24) is 23.2 Å². The summed E-state index contributed by atoms with van der Waals surface area (Å²) in [4.78, 5) is 15.9. The third kappa shape index (κ3) is 5.13. The fourth-order valence-corrected chi connectivity index (χ4v) is 7.85. The van der Waals surface area contributed by atoms with Gasteiger partial charge in [0.05, 0.1) is 17.5 Å². The summed E-state index contributed by atoms with van der Waals surface area (Å²) in [6, 6.07) is 9.63. The lowest BCUT2D eigenvalue weighted by Crippen LogP contribution is -2.65. The van der Waals surface area contributed by atoms with Crippen molar-refractivity contribution in [2.45, 2.75) is 56.9 Å². The number of fused-ring (bicyclic) bond motifs is 1. The van der Waals surface area contributed by atoms with E-state index in [1.54, 1.807) is 37.8 Å². The van der Waals surface area contributed by atoms with Gasteiger partial charge < -0.3 is 10.2 Å². The molecular weight excluding hydrogens is 574 g/mol. The molecule has 1 aromatic carbocycles. The monoisotopic (exact) mass is 609 g/mol. The van der Waals surface area contributed by atoms with E-state index in [1.165, 1.54) is 20.1 Å². The Hall–Kier alpha value is -3.55.